The van der Waals surface area contributed by atoms with Crippen molar-refractivity contribution in [2.45, 2.75) is 0 Å². The van der Waals surface area contributed by atoms with Crippen molar-refractivity contribution in [2.75, 3.05) is 28.4 Å². The van der Waals surface area contributed by atoms with Gasteiger partial charge in [-0.2, -0.15) is 0 Å². The lowest BCUT2D eigenvalue weighted by Gasteiger charge is -2.13. The number of nitrogens with one attached hydrogen (secondary N) is 2. The summed E-state index contributed by atoms with van der Waals surface area (Å²) in [7, 11) is 6.14. The number of fused-ring (bicyclic) bond motifs is 1. The van der Waals surface area contributed by atoms with Crippen molar-refractivity contribution < 1.29 is 23.7 Å². The number of benzene rings is 2. The van der Waals surface area contributed by atoms with E-state index in [4.69, 9.17) is 18.9 Å². The number of carbonyl (C=O) groups is 1. The molecule has 0 saturated heterocycles. The number of methoxy groups -OCH3 is 4. The summed E-state index contributed by atoms with van der Waals surface area (Å²) in [6, 6.07) is 8.97. The molecule has 0 fully saturated rings. The summed E-state index contributed by atoms with van der Waals surface area (Å²) in [4.78, 5) is 23.8. The Morgan fingerprint density at radius 2 is 1.63 bits per heavy atom. The Hall–Kier alpha value is -3.94. The molecular formula is C22H21N3O5. The van der Waals surface area contributed by atoms with Crippen LogP contribution >= 0.6 is 0 Å². The van der Waals surface area contributed by atoms with Gasteiger partial charge < -0.3 is 28.9 Å². The molecule has 2 heterocycles. The first-order valence-corrected chi connectivity index (χ1v) is 9.15. The highest BCUT2D eigenvalue weighted by Gasteiger charge is 2.20. The van der Waals surface area contributed by atoms with Gasteiger partial charge in [0, 0.05) is 22.7 Å². The van der Waals surface area contributed by atoms with Crippen LogP contribution in [0.4, 0.5) is 0 Å². The van der Waals surface area contributed by atoms with Gasteiger partial charge in [-0.3, -0.25) is 4.79 Å². The Bertz CT molecular complexity index is 1200. The van der Waals surface area contributed by atoms with Crippen LogP contribution in [0.1, 0.15) is 16.1 Å². The van der Waals surface area contributed by atoms with E-state index in [0.717, 1.165) is 22.2 Å². The van der Waals surface area contributed by atoms with Gasteiger partial charge >= 0.3 is 0 Å². The van der Waals surface area contributed by atoms with E-state index in [1.807, 2.05) is 24.4 Å². The van der Waals surface area contributed by atoms with Crippen LogP contribution in [0.15, 0.2) is 42.7 Å². The molecule has 154 valence electrons. The molecular weight excluding hydrogens is 386 g/mol. The average molecular weight is 407 g/mol. The molecule has 0 saturated carbocycles. The van der Waals surface area contributed by atoms with Gasteiger partial charge in [0.2, 0.25) is 11.5 Å². The fourth-order valence-electron chi connectivity index (χ4n) is 3.43. The molecule has 0 aliphatic carbocycles. The number of hydrogen-bond acceptors (Lipinski definition) is 6. The highest BCUT2D eigenvalue weighted by atomic mass is 16.5. The van der Waals surface area contributed by atoms with E-state index in [0.29, 0.717) is 34.3 Å². The molecule has 2 aromatic carbocycles. The summed E-state index contributed by atoms with van der Waals surface area (Å²) in [6.45, 7) is 0. The summed E-state index contributed by atoms with van der Waals surface area (Å²) >= 11 is 0. The number of hydrogen-bond donors (Lipinski definition) is 2. The predicted molar refractivity (Wildman–Crippen MR) is 112 cm³/mol. The summed E-state index contributed by atoms with van der Waals surface area (Å²) in [6.07, 6.45) is 3.35. The van der Waals surface area contributed by atoms with Gasteiger partial charge in [-0.05, 0) is 18.2 Å². The van der Waals surface area contributed by atoms with E-state index in [-0.39, 0.29) is 5.78 Å². The third-order valence-corrected chi connectivity index (χ3v) is 4.90. The smallest absolute Gasteiger partial charge is 0.211 e. The molecule has 0 bridgehead atoms. The fourth-order valence-corrected chi connectivity index (χ4v) is 3.43. The average Bonchev–Trinajstić information content (AvgIpc) is 3.44. The lowest BCUT2D eigenvalue weighted by atomic mass is 10.1. The van der Waals surface area contributed by atoms with Crippen LogP contribution in [0, 0.1) is 0 Å². The molecule has 0 aliphatic heterocycles. The van der Waals surface area contributed by atoms with Crippen molar-refractivity contribution >= 4 is 16.7 Å². The lowest BCUT2D eigenvalue weighted by molar-refractivity contribution is 0.103. The first-order valence-electron chi connectivity index (χ1n) is 9.15. The SMILES string of the molecule is COc1cc(C(=O)c2cnc(-c3c[nH]c4c(OC)cccc34)[nH]2)cc(OC)c1OC. The Kier molecular flexibility index (Phi) is 5.05. The molecule has 0 spiro atoms. The van der Waals surface area contributed by atoms with Gasteiger partial charge in [0.25, 0.3) is 0 Å². The van der Waals surface area contributed by atoms with Gasteiger partial charge in [-0.25, -0.2) is 4.98 Å². The maximum Gasteiger partial charge on any atom is 0.211 e. The minimum absolute atomic E-state index is 0.245. The maximum atomic E-state index is 13.1. The number of para-hydroxylation sites is 1. The molecule has 8 heteroatoms. The second kappa shape index (κ2) is 7.82. The molecule has 2 N–H and O–H groups in total. The molecule has 30 heavy (non-hydrogen) atoms. The standard InChI is InChI=1S/C22H21N3O5/c1-27-16-7-5-6-13-14(10-23-19(13)16)22-24-11-15(25-22)20(26)12-8-17(28-2)21(30-4)18(9-12)29-3/h5-11,23H,1-4H3,(H,24,25). The van der Waals surface area contributed by atoms with E-state index in [1.54, 1.807) is 19.2 Å². The zero-order chi connectivity index (χ0) is 21.3. The van der Waals surface area contributed by atoms with Crippen molar-refractivity contribution in [2.24, 2.45) is 0 Å². The van der Waals surface area contributed by atoms with Crippen molar-refractivity contribution in [3.05, 3.63) is 54.0 Å². The molecule has 0 atom stereocenters. The molecule has 0 aliphatic rings. The highest BCUT2D eigenvalue weighted by molar-refractivity contribution is 6.09. The Morgan fingerprint density at radius 1 is 0.933 bits per heavy atom. The molecule has 4 rings (SSSR count). The first kappa shape index (κ1) is 19.4. The maximum absolute atomic E-state index is 13.1. The van der Waals surface area contributed by atoms with Crippen LogP contribution in [-0.2, 0) is 0 Å². The number of carbonyl (C=O) groups excluding carboxylic acids is 1. The van der Waals surface area contributed by atoms with Crippen molar-refractivity contribution in [1.82, 2.24) is 15.0 Å². The number of aromatic amines is 2. The van der Waals surface area contributed by atoms with Gasteiger partial charge in [0.1, 0.15) is 17.3 Å². The monoisotopic (exact) mass is 407 g/mol. The van der Waals surface area contributed by atoms with Gasteiger partial charge in [-0.15, -0.1) is 0 Å². The van der Waals surface area contributed by atoms with Crippen LogP contribution in [0.25, 0.3) is 22.3 Å². The first-order chi connectivity index (χ1) is 14.6. The van der Waals surface area contributed by atoms with Crippen molar-refractivity contribution in [3.63, 3.8) is 0 Å². The Morgan fingerprint density at radius 3 is 2.27 bits per heavy atom. The molecule has 0 unspecified atom stereocenters. The normalized spacial score (nSPS) is 10.8. The number of nitrogens with zero attached hydrogens (tertiary/aromatic N) is 1. The number of H-pyrrole nitrogens is 2. The van der Waals surface area contributed by atoms with E-state index in [9.17, 15) is 4.79 Å². The molecule has 4 aromatic rings. The number of imidazole rings is 1. The molecule has 2 aromatic heterocycles. The van der Waals surface area contributed by atoms with Gasteiger partial charge in [0.05, 0.1) is 40.2 Å². The topological polar surface area (TPSA) is 98.5 Å². The van der Waals surface area contributed by atoms with Crippen LogP contribution in [-0.4, -0.2) is 49.2 Å². The third kappa shape index (κ3) is 3.12. The van der Waals surface area contributed by atoms with E-state index < -0.39 is 0 Å². The highest BCUT2D eigenvalue weighted by Crippen LogP contribution is 2.39. The summed E-state index contributed by atoms with van der Waals surface area (Å²) in [5.74, 6) is 2.30. The van der Waals surface area contributed by atoms with Crippen LogP contribution in [0.3, 0.4) is 0 Å². The Labute approximate surface area is 172 Å². The van der Waals surface area contributed by atoms with Gasteiger partial charge in [0.15, 0.2) is 11.5 Å². The summed E-state index contributed by atoms with van der Waals surface area (Å²) in [5.41, 5.74) is 2.44. The van der Waals surface area contributed by atoms with E-state index >= 15 is 0 Å². The van der Waals surface area contributed by atoms with Crippen LogP contribution in [0.5, 0.6) is 23.0 Å². The zero-order valence-electron chi connectivity index (χ0n) is 17.0. The molecule has 8 nitrogen and oxygen atoms in total. The van der Waals surface area contributed by atoms with Crippen molar-refractivity contribution in [3.8, 4) is 34.4 Å². The van der Waals surface area contributed by atoms with E-state index in [1.165, 1.54) is 27.5 Å². The number of rotatable bonds is 7. The lowest BCUT2D eigenvalue weighted by Crippen LogP contribution is -2.04. The number of ether oxygens (including phenoxy) is 4. The second-order valence-corrected chi connectivity index (χ2v) is 6.47. The minimum Gasteiger partial charge on any atom is -0.495 e. The largest absolute Gasteiger partial charge is 0.495 e. The quantitative estimate of drug-likeness (QED) is 0.452. The summed E-state index contributed by atoms with van der Waals surface area (Å²) in [5, 5.41) is 0.940. The fraction of sp³-hybridized carbons (Fsp3) is 0.182. The molecule has 0 amide bonds. The molecule has 0 radical (unpaired) electrons. The van der Waals surface area contributed by atoms with Gasteiger partial charge in [-0.1, -0.05) is 12.1 Å². The second-order valence-electron chi connectivity index (χ2n) is 6.47. The van der Waals surface area contributed by atoms with E-state index in [2.05, 4.69) is 15.0 Å². The number of aromatic nitrogens is 3. The minimum atomic E-state index is -0.245. The van der Waals surface area contributed by atoms with Crippen LogP contribution in [0.2, 0.25) is 0 Å². The third-order valence-electron chi connectivity index (χ3n) is 4.90. The number of ketones is 1. The Balaban J connectivity index is 1.72. The summed E-state index contributed by atoms with van der Waals surface area (Å²) < 4.78 is 21.4. The zero-order valence-corrected chi connectivity index (χ0v) is 17.0. The van der Waals surface area contributed by atoms with Crippen LogP contribution < -0.4 is 18.9 Å². The predicted octanol–water partition coefficient (Wildman–Crippen LogP) is 3.82. The van der Waals surface area contributed by atoms with Crippen molar-refractivity contribution in [1.29, 1.82) is 0 Å².